The van der Waals surface area contributed by atoms with Gasteiger partial charge in [-0.3, -0.25) is 14.6 Å². The maximum absolute atomic E-state index is 12.3. The van der Waals surface area contributed by atoms with Gasteiger partial charge < -0.3 is 9.80 Å². The molecule has 5 heteroatoms. The smallest absolute Gasteiger partial charge is 0.255 e. The second-order valence-electron chi connectivity index (χ2n) is 6.08. The topological polar surface area (TPSA) is 53.5 Å². The van der Waals surface area contributed by atoms with Crippen molar-refractivity contribution in [1.82, 2.24) is 14.8 Å². The van der Waals surface area contributed by atoms with Gasteiger partial charge in [0.15, 0.2) is 0 Å². The van der Waals surface area contributed by atoms with Gasteiger partial charge in [-0.05, 0) is 12.1 Å². The summed E-state index contributed by atoms with van der Waals surface area (Å²) in [6.07, 6.45) is 3.23. The van der Waals surface area contributed by atoms with Gasteiger partial charge in [0.25, 0.3) is 5.91 Å². The van der Waals surface area contributed by atoms with Gasteiger partial charge in [0, 0.05) is 44.0 Å². The molecule has 1 aromatic heterocycles. The molecule has 20 heavy (non-hydrogen) atoms. The normalized spacial score (nSPS) is 16.1. The van der Waals surface area contributed by atoms with Crippen molar-refractivity contribution >= 4 is 11.8 Å². The summed E-state index contributed by atoms with van der Waals surface area (Å²) in [5.74, 6) is 0.131. The number of carbonyl (C=O) groups excluding carboxylic acids is 2. The van der Waals surface area contributed by atoms with Crippen LogP contribution >= 0.6 is 0 Å². The minimum absolute atomic E-state index is 0.0130. The predicted molar refractivity (Wildman–Crippen MR) is 76.2 cm³/mol. The SMILES string of the molecule is CC(C)(C)C(=O)N1CCN(C(=O)c2cccnc2)CC1. The van der Waals surface area contributed by atoms with Crippen LogP contribution in [0, 0.1) is 5.41 Å². The number of hydrogen-bond acceptors (Lipinski definition) is 3. The highest BCUT2D eigenvalue weighted by Crippen LogP contribution is 2.19. The molecular weight excluding hydrogens is 254 g/mol. The highest BCUT2D eigenvalue weighted by Gasteiger charge is 2.30. The zero-order valence-electron chi connectivity index (χ0n) is 12.3. The van der Waals surface area contributed by atoms with Crippen LogP contribution in [0.15, 0.2) is 24.5 Å². The molecule has 1 saturated heterocycles. The first-order valence-corrected chi connectivity index (χ1v) is 6.88. The Bertz CT molecular complexity index is 486. The van der Waals surface area contributed by atoms with Gasteiger partial charge in [-0.15, -0.1) is 0 Å². The fourth-order valence-electron chi connectivity index (χ4n) is 2.26. The summed E-state index contributed by atoms with van der Waals surface area (Å²) in [7, 11) is 0. The molecule has 0 saturated carbocycles. The lowest BCUT2D eigenvalue weighted by Gasteiger charge is -2.37. The van der Waals surface area contributed by atoms with E-state index in [9.17, 15) is 9.59 Å². The Morgan fingerprint density at radius 3 is 2.20 bits per heavy atom. The number of aromatic nitrogens is 1. The summed E-state index contributed by atoms with van der Waals surface area (Å²) in [6, 6.07) is 3.52. The summed E-state index contributed by atoms with van der Waals surface area (Å²) in [5.41, 5.74) is 0.235. The number of nitrogens with zero attached hydrogens (tertiary/aromatic N) is 3. The van der Waals surface area contributed by atoms with Crippen molar-refractivity contribution in [2.24, 2.45) is 5.41 Å². The molecule has 0 N–H and O–H groups in total. The summed E-state index contributed by atoms with van der Waals surface area (Å²) >= 11 is 0. The first kappa shape index (κ1) is 14.5. The summed E-state index contributed by atoms with van der Waals surface area (Å²) in [4.78, 5) is 32.0. The lowest BCUT2D eigenvalue weighted by molar-refractivity contribution is -0.140. The second kappa shape index (κ2) is 5.61. The van der Waals surface area contributed by atoms with E-state index < -0.39 is 0 Å². The average Bonchev–Trinajstić information content (AvgIpc) is 2.46. The van der Waals surface area contributed by atoms with Crippen LogP contribution in [0.5, 0.6) is 0 Å². The highest BCUT2D eigenvalue weighted by atomic mass is 16.2. The van der Waals surface area contributed by atoms with E-state index in [4.69, 9.17) is 0 Å². The van der Waals surface area contributed by atoms with E-state index in [1.54, 1.807) is 29.4 Å². The third-order valence-corrected chi connectivity index (χ3v) is 3.40. The number of pyridine rings is 1. The molecule has 1 aliphatic heterocycles. The van der Waals surface area contributed by atoms with Crippen LogP contribution in [-0.4, -0.2) is 52.8 Å². The van der Waals surface area contributed by atoms with Crippen LogP contribution in [0.1, 0.15) is 31.1 Å². The van der Waals surface area contributed by atoms with Crippen LogP contribution in [0.25, 0.3) is 0 Å². The minimum atomic E-state index is -0.366. The van der Waals surface area contributed by atoms with Gasteiger partial charge in [0.1, 0.15) is 0 Å². The largest absolute Gasteiger partial charge is 0.339 e. The van der Waals surface area contributed by atoms with E-state index in [-0.39, 0.29) is 17.2 Å². The molecule has 0 atom stereocenters. The molecule has 0 bridgehead atoms. The second-order valence-corrected chi connectivity index (χ2v) is 6.08. The summed E-state index contributed by atoms with van der Waals surface area (Å²) in [5, 5.41) is 0. The predicted octanol–water partition coefficient (Wildman–Crippen LogP) is 1.41. The van der Waals surface area contributed by atoms with Crippen molar-refractivity contribution < 1.29 is 9.59 Å². The van der Waals surface area contributed by atoms with Gasteiger partial charge in [0.2, 0.25) is 5.91 Å². The molecule has 2 amide bonds. The summed E-state index contributed by atoms with van der Waals surface area (Å²) < 4.78 is 0. The van der Waals surface area contributed by atoms with Gasteiger partial charge >= 0.3 is 0 Å². The van der Waals surface area contributed by atoms with Crippen LogP contribution in [0.4, 0.5) is 0 Å². The zero-order chi connectivity index (χ0) is 14.8. The highest BCUT2D eigenvalue weighted by molar-refractivity contribution is 5.94. The Morgan fingerprint density at radius 2 is 1.70 bits per heavy atom. The lowest BCUT2D eigenvalue weighted by Crippen LogP contribution is -2.53. The van der Waals surface area contributed by atoms with Crippen molar-refractivity contribution in [2.75, 3.05) is 26.2 Å². The Hall–Kier alpha value is -1.91. The fraction of sp³-hybridized carbons (Fsp3) is 0.533. The van der Waals surface area contributed by atoms with E-state index in [0.29, 0.717) is 31.7 Å². The van der Waals surface area contributed by atoms with Crippen LogP contribution in [-0.2, 0) is 4.79 Å². The molecule has 1 aliphatic rings. The third-order valence-electron chi connectivity index (χ3n) is 3.40. The van der Waals surface area contributed by atoms with Crippen molar-refractivity contribution in [3.05, 3.63) is 30.1 Å². The van der Waals surface area contributed by atoms with E-state index >= 15 is 0 Å². The van der Waals surface area contributed by atoms with Crippen LogP contribution in [0.3, 0.4) is 0 Å². The Labute approximate surface area is 119 Å². The van der Waals surface area contributed by atoms with Gasteiger partial charge in [0.05, 0.1) is 5.56 Å². The van der Waals surface area contributed by atoms with Crippen LogP contribution < -0.4 is 0 Å². The maximum Gasteiger partial charge on any atom is 0.255 e. The Morgan fingerprint density at radius 1 is 1.10 bits per heavy atom. The number of piperazine rings is 1. The standard InChI is InChI=1S/C15H21N3O2/c1-15(2,3)14(20)18-9-7-17(8-10-18)13(19)12-5-4-6-16-11-12/h4-6,11H,7-10H2,1-3H3. The molecule has 1 aromatic rings. The first-order valence-electron chi connectivity index (χ1n) is 6.88. The van der Waals surface area contributed by atoms with E-state index in [2.05, 4.69) is 4.98 Å². The van der Waals surface area contributed by atoms with Crippen LogP contribution in [0.2, 0.25) is 0 Å². The number of rotatable bonds is 1. The monoisotopic (exact) mass is 275 g/mol. The molecule has 0 spiro atoms. The fourth-order valence-corrected chi connectivity index (χ4v) is 2.26. The maximum atomic E-state index is 12.3. The van der Waals surface area contributed by atoms with E-state index in [1.165, 1.54) is 0 Å². The first-order chi connectivity index (χ1) is 9.39. The molecule has 0 unspecified atom stereocenters. The van der Waals surface area contributed by atoms with E-state index in [1.807, 2.05) is 25.7 Å². The molecule has 108 valence electrons. The molecule has 1 fully saturated rings. The molecule has 2 rings (SSSR count). The molecule has 2 heterocycles. The minimum Gasteiger partial charge on any atom is -0.339 e. The molecule has 5 nitrogen and oxygen atoms in total. The zero-order valence-corrected chi connectivity index (χ0v) is 12.3. The number of hydrogen-bond donors (Lipinski definition) is 0. The lowest BCUT2D eigenvalue weighted by atomic mass is 9.94. The van der Waals surface area contributed by atoms with Gasteiger partial charge in [-0.2, -0.15) is 0 Å². The van der Waals surface area contributed by atoms with Gasteiger partial charge in [-0.25, -0.2) is 0 Å². The Balaban J connectivity index is 1.95. The average molecular weight is 275 g/mol. The van der Waals surface area contributed by atoms with Gasteiger partial charge in [-0.1, -0.05) is 20.8 Å². The van der Waals surface area contributed by atoms with Crippen molar-refractivity contribution in [3.63, 3.8) is 0 Å². The Kier molecular flexibility index (Phi) is 4.06. The molecule has 0 aromatic carbocycles. The third kappa shape index (κ3) is 3.15. The van der Waals surface area contributed by atoms with Crippen molar-refractivity contribution in [1.29, 1.82) is 0 Å². The quantitative estimate of drug-likeness (QED) is 0.778. The van der Waals surface area contributed by atoms with E-state index in [0.717, 1.165) is 0 Å². The molecular formula is C15H21N3O2. The molecule has 0 radical (unpaired) electrons. The van der Waals surface area contributed by atoms with Crippen molar-refractivity contribution in [3.8, 4) is 0 Å². The summed E-state index contributed by atoms with van der Waals surface area (Å²) in [6.45, 7) is 8.11. The molecule has 0 aliphatic carbocycles. The van der Waals surface area contributed by atoms with Crippen molar-refractivity contribution in [2.45, 2.75) is 20.8 Å². The number of carbonyl (C=O) groups is 2. The number of amides is 2.